The highest BCUT2D eigenvalue weighted by Crippen LogP contribution is 2.23. The van der Waals surface area contributed by atoms with E-state index in [2.05, 4.69) is 29.2 Å². The van der Waals surface area contributed by atoms with Crippen LogP contribution in [0, 0.1) is 6.92 Å². The SMILES string of the molecule is CCN(Cc1ccccc1)C(=O)c1sc(Cc2ccccc2)nc1C. The lowest BCUT2D eigenvalue weighted by Crippen LogP contribution is -2.30. The second-order valence-electron chi connectivity index (χ2n) is 5.99. The van der Waals surface area contributed by atoms with E-state index >= 15 is 0 Å². The summed E-state index contributed by atoms with van der Waals surface area (Å²) in [5.74, 6) is 0.0701. The van der Waals surface area contributed by atoms with Crippen LogP contribution in [0.1, 0.15) is 38.4 Å². The molecule has 0 saturated heterocycles. The number of aryl methyl sites for hydroxylation is 1. The number of benzene rings is 2. The molecular weight excluding hydrogens is 328 g/mol. The minimum Gasteiger partial charge on any atom is -0.334 e. The Balaban J connectivity index is 1.76. The van der Waals surface area contributed by atoms with Gasteiger partial charge < -0.3 is 4.90 Å². The fourth-order valence-corrected chi connectivity index (χ4v) is 3.84. The number of hydrogen-bond donors (Lipinski definition) is 0. The van der Waals surface area contributed by atoms with Gasteiger partial charge in [-0.1, -0.05) is 60.7 Å². The zero-order chi connectivity index (χ0) is 17.6. The standard InChI is InChI=1S/C21H22N2OS/c1-3-23(15-18-12-8-5-9-13-18)21(24)20-16(2)22-19(25-20)14-17-10-6-4-7-11-17/h4-13H,3,14-15H2,1-2H3. The van der Waals surface area contributed by atoms with Gasteiger partial charge in [0.15, 0.2) is 0 Å². The zero-order valence-electron chi connectivity index (χ0n) is 14.6. The predicted octanol–water partition coefficient (Wildman–Crippen LogP) is 4.70. The average molecular weight is 350 g/mol. The van der Waals surface area contributed by atoms with Crippen molar-refractivity contribution in [3.63, 3.8) is 0 Å². The first-order valence-corrected chi connectivity index (χ1v) is 9.32. The van der Waals surface area contributed by atoms with Crippen molar-refractivity contribution in [2.24, 2.45) is 0 Å². The molecule has 3 nitrogen and oxygen atoms in total. The predicted molar refractivity (Wildman–Crippen MR) is 103 cm³/mol. The van der Waals surface area contributed by atoms with Crippen molar-refractivity contribution >= 4 is 17.2 Å². The molecule has 0 N–H and O–H groups in total. The summed E-state index contributed by atoms with van der Waals surface area (Å²) in [5, 5.41) is 0.989. The van der Waals surface area contributed by atoms with Crippen molar-refractivity contribution in [2.45, 2.75) is 26.8 Å². The Morgan fingerprint density at radius 2 is 1.60 bits per heavy atom. The summed E-state index contributed by atoms with van der Waals surface area (Å²) in [6, 6.07) is 20.3. The van der Waals surface area contributed by atoms with Gasteiger partial charge in [-0.2, -0.15) is 0 Å². The largest absolute Gasteiger partial charge is 0.334 e. The second-order valence-corrected chi connectivity index (χ2v) is 7.07. The Morgan fingerprint density at radius 3 is 2.20 bits per heavy atom. The highest BCUT2D eigenvalue weighted by Gasteiger charge is 2.20. The molecule has 0 fully saturated rings. The van der Waals surface area contributed by atoms with Gasteiger partial charge in [-0.3, -0.25) is 4.79 Å². The molecule has 0 radical (unpaired) electrons. The molecule has 1 amide bonds. The molecule has 0 aliphatic carbocycles. The Labute approximate surface area is 153 Å². The van der Waals surface area contributed by atoms with Gasteiger partial charge in [0.25, 0.3) is 5.91 Å². The molecule has 0 aliphatic rings. The number of thiazole rings is 1. The van der Waals surface area contributed by atoms with Gasteiger partial charge >= 0.3 is 0 Å². The topological polar surface area (TPSA) is 33.2 Å². The third-order valence-electron chi connectivity index (χ3n) is 4.12. The van der Waals surface area contributed by atoms with Crippen LogP contribution in [0.4, 0.5) is 0 Å². The van der Waals surface area contributed by atoms with Gasteiger partial charge in [0.05, 0.1) is 10.7 Å². The van der Waals surface area contributed by atoms with Gasteiger partial charge in [-0.05, 0) is 25.0 Å². The highest BCUT2D eigenvalue weighted by molar-refractivity contribution is 7.13. The quantitative estimate of drug-likeness (QED) is 0.645. The first-order valence-electron chi connectivity index (χ1n) is 8.50. The summed E-state index contributed by atoms with van der Waals surface area (Å²) in [4.78, 5) is 20.2. The number of nitrogens with zero attached hydrogens (tertiary/aromatic N) is 2. The number of carbonyl (C=O) groups is 1. The van der Waals surface area contributed by atoms with E-state index in [1.165, 1.54) is 16.9 Å². The van der Waals surface area contributed by atoms with Gasteiger partial charge in [0, 0.05) is 19.5 Å². The summed E-state index contributed by atoms with van der Waals surface area (Å²) in [6.07, 6.45) is 0.768. The van der Waals surface area contributed by atoms with E-state index in [9.17, 15) is 4.79 Å². The number of aromatic nitrogens is 1. The molecule has 1 heterocycles. The summed E-state index contributed by atoms with van der Waals surface area (Å²) in [7, 11) is 0. The van der Waals surface area contributed by atoms with Crippen LogP contribution in [-0.2, 0) is 13.0 Å². The van der Waals surface area contributed by atoms with Crippen LogP contribution < -0.4 is 0 Å². The van der Waals surface area contributed by atoms with Crippen molar-refractivity contribution in [3.05, 3.63) is 87.4 Å². The number of carbonyl (C=O) groups excluding carboxylic acids is 1. The molecule has 0 aliphatic heterocycles. The Hall–Kier alpha value is -2.46. The van der Waals surface area contributed by atoms with Gasteiger partial charge in [0.2, 0.25) is 0 Å². The van der Waals surface area contributed by atoms with E-state index in [0.29, 0.717) is 13.1 Å². The lowest BCUT2D eigenvalue weighted by Gasteiger charge is -2.20. The fraction of sp³-hybridized carbons (Fsp3) is 0.238. The lowest BCUT2D eigenvalue weighted by molar-refractivity contribution is 0.0756. The van der Waals surface area contributed by atoms with E-state index in [-0.39, 0.29) is 5.91 Å². The highest BCUT2D eigenvalue weighted by atomic mass is 32.1. The first-order chi connectivity index (χ1) is 12.2. The second kappa shape index (κ2) is 8.08. The molecule has 0 saturated carbocycles. The molecule has 4 heteroatoms. The van der Waals surface area contributed by atoms with Crippen molar-refractivity contribution in [1.82, 2.24) is 9.88 Å². The third-order valence-corrected chi connectivity index (χ3v) is 5.26. The van der Waals surface area contributed by atoms with Crippen molar-refractivity contribution in [1.29, 1.82) is 0 Å². The molecule has 3 aromatic rings. The van der Waals surface area contributed by atoms with E-state index in [4.69, 9.17) is 0 Å². The molecule has 128 valence electrons. The van der Waals surface area contributed by atoms with Crippen molar-refractivity contribution in [2.75, 3.05) is 6.54 Å². The van der Waals surface area contributed by atoms with Crippen LogP contribution in [0.3, 0.4) is 0 Å². The van der Waals surface area contributed by atoms with E-state index in [1.54, 1.807) is 0 Å². The van der Waals surface area contributed by atoms with E-state index in [0.717, 1.165) is 27.6 Å². The zero-order valence-corrected chi connectivity index (χ0v) is 15.4. The molecule has 0 atom stereocenters. The summed E-state index contributed by atoms with van der Waals surface area (Å²) in [5.41, 5.74) is 3.18. The molecule has 2 aromatic carbocycles. The molecule has 25 heavy (non-hydrogen) atoms. The first kappa shape index (κ1) is 17.4. The van der Waals surface area contributed by atoms with Crippen LogP contribution in [0.2, 0.25) is 0 Å². The maximum Gasteiger partial charge on any atom is 0.266 e. The van der Waals surface area contributed by atoms with Crippen LogP contribution in [0.25, 0.3) is 0 Å². The maximum absolute atomic E-state index is 13.0. The monoisotopic (exact) mass is 350 g/mol. The number of hydrogen-bond acceptors (Lipinski definition) is 3. The minimum atomic E-state index is 0.0701. The Morgan fingerprint density at radius 1 is 1.00 bits per heavy atom. The van der Waals surface area contributed by atoms with Crippen LogP contribution in [0.5, 0.6) is 0 Å². The smallest absolute Gasteiger partial charge is 0.266 e. The Kier molecular flexibility index (Phi) is 5.61. The molecule has 0 unspecified atom stereocenters. The summed E-state index contributed by atoms with van der Waals surface area (Å²) < 4.78 is 0. The summed E-state index contributed by atoms with van der Waals surface area (Å²) in [6.45, 7) is 5.25. The molecule has 0 bridgehead atoms. The van der Waals surface area contributed by atoms with Crippen molar-refractivity contribution in [3.8, 4) is 0 Å². The van der Waals surface area contributed by atoms with Crippen molar-refractivity contribution < 1.29 is 4.79 Å². The third kappa shape index (κ3) is 4.34. The van der Waals surface area contributed by atoms with Gasteiger partial charge in [-0.25, -0.2) is 4.98 Å². The number of amides is 1. The fourth-order valence-electron chi connectivity index (χ4n) is 2.77. The van der Waals surface area contributed by atoms with Crippen LogP contribution in [-0.4, -0.2) is 22.3 Å². The lowest BCUT2D eigenvalue weighted by atomic mass is 10.2. The van der Waals surface area contributed by atoms with Gasteiger partial charge in [-0.15, -0.1) is 11.3 Å². The molecule has 0 spiro atoms. The normalized spacial score (nSPS) is 10.6. The van der Waals surface area contributed by atoms with Crippen LogP contribution in [0.15, 0.2) is 60.7 Å². The van der Waals surface area contributed by atoms with Gasteiger partial charge in [0.1, 0.15) is 4.88 Å². The molecule has 1 aromatic heterocycles. The minimum absolute atomic E-state index is 0.0701. The Bertz CT molecular complexity index is 828. The van der Waals surface area contributed by atoms with Crippen LogP contribution >= 0.6 is 11.3 Å². The molecule has 3 rings (SSSR count). The van der Waals surface area contributed by atoms with E-state index < -0.39 is 0 Å². The number of rotatable bonds is 6. The average Bonchev–Trinajstić information content (AvgIpc) is 3.01. The molecular formula is C21H22N2OS. The maximum atomic E-state index is 13.0. The summed E-state index contributed by atoms with van der Waals surface area (Å²) >= 11 is 1.51. The van der Waals surface area contributed by atoms with E-state index in [1.807, 2.05) is 55.1 Å².